The SMILES string of the molecule is O=C(COC(=O)c1ccc(Cl)cc1)Nc1cc(Cl)cc(Cl)c1. The predicted molar refractivity (Wildman–Crippen MR) is 86.8 cm³/mol. The molecule has 0 spiro atoms. The number of amides is 1. The Balaban J connectivity index is 1.89. The molecule has 0 aliphatic rings. The third kappa shape index (κ3) is 4.91. The summed E-state index contributed by atoms with van der Waals surface area (Å²) in [6.07, 6.45) is 0. The van der Waals surface area contributed by atoms with E-state index in [-0.39, 0.29) is 0 Å². The Kier molecular flexibility index (Phi) is 5.66. The molecule has 2 rings (SSSR count). The number of ether oxygens (including phenoxy) is 1. The van der Waals surface area contributed by atoms with Gasteiger partial charge in [0.05, 0.1) is 5.56 Å². The normalized spacial score (nSPS) is 10.1. The monoisotopic (exact) mass is 357 g/mol. The molecule has 7 heteroatoms. The number of rotatable bonds is 4. The second-order valence-corrected chi connectivity index (χ2v) is 5.60. The maximum Gasteiger partial charge on any atom is 0.338 e. The topological polar surface area (TPSA) is 55.4 Å². The second kappa shape index (κ2) is 7.49. The number of anilines is 1. The molecule has 0 unspecified atom stereocenters. The van der Waals surface area contributed by atoms with Crippen LogP contribution in [-0.2, 0) is 9.53 Å². The van der Waals surface area contributed by atoms with E-state index in [0.29, 0.717) is 26.3 Å². The zero-order valence-corrected chi connectivity index (χ0v) is 13.4. The smallest absolute Gasteiger partial charge is 0.338 e. The number of nitrogens with one attached hydrogen (secondary N) is 1. The van der Waals surface area contributed by atoms with Gasteiger partial charge in [-0.1, -0.05) is 34.8 Å². The largest absolute Gasteiger partial charge is 0.452 e. The second-order valence-electron chi connectivity index (χ2n) is 4.29. The highest BCUT2D eigenvalue weighted by Gasteiger charge is 2.10. The van der Waals surface area contributed by atoms with Gasteiger partial charge < -0.3 is 10.1 Å². The molecular formula is C15H10Cl3NO3. The molecule has 0 saturated heterocycles. The number of carbonyl (C=O) groups is 2. The van der Waals surface area contributed by atoms with Gasteiger partial charge in [-0.2, -0.15) is 0 Å². The van der Waals surface area contributed by atoms with E-state index in [1.54, 1.807) is 18.2 Å². The Bertz CT molecular complexity index is 681. The van der Waals surface area contributed by atoms with Crippen LogP contribution in [0.5, 0.6) is 0 Å². The highest BCUT2D eigenvalue weighted by molar-refractivity contribution is 6.35. The number of esters is 1. The molecule has 0 heterocycles. The van der Waals surface area contributed by atoms with Crippen molar-refractivity contribution in [2.24, 2.45) is 0 Å². The summed E-state index contributed by atoms with van der Waals surface area (Å²) in [5.74, 6) is -1.11. The van der Waals surface area contributed by atoms with Crippen molar-refractivity contribution in [2.45, 2.75) is 0 Å². The van der Waals surface area contributed by atoms with Gasteiger partial charge in [-0.3, -0.25) is 4.79 Å². The van der Waals surface area contributed by atoms with Crippen LogP contribution in [0.2, 0.25) is 15.1 Å². The summed E-state index contributed by atoms with van der Waals surface area (Å²) in [4.78, 5) is 23.5. The molecular weight excluding hydrogens is 349 g/mol. The quantitative estimate of drug-likeness (QED) is 0.822. The van der Waals surface area contributed by atoms with Crippen LogP contribution in [0.15, 0.2) is 42.5 Å². The summed E-state index contributed by atoms with van der Waals surface area (Å²) < 4.78 is 4.90. The molecule has 0 bridgehead atoms. The van der Waals surface area contributed by atoms with Crippen LogP contribution in [0.25, 0.3) is 0 Å². The molecule has 114 valence electrons. The molecule has 0 saturated carbocycles. The molecule has 0 aliphatic heterocycles. The lowest BCUT2D eigenvalue weighted by Crippen LogP contribution is -2.20. The lowest BCUT2D eigenvalue weighted by Gasteiger charge is -2.07. The van der Waals surface area contributed by atoms with E-state index in [2.05, 4.69) is 5.32 Å². The van der Waals surface area contributed by atoms with Gasteiger partial charge in [0.25, 0.3) is 5.91 Å². The molecule has 1 amide bonds. The third-order valence-corrected chi connectivity index (χ3v) is 3.25. The maximum atomic E-state index is 11.7. The van der Waals surface area contributed by atoms with E-state index >= 15 is 0 Å². The fraction of sp³-hybridized carbons (Fsp3) is 0.0667. The number of carbonyl (C=O) groups excluding carboxylic acids is 2. The third-order valence-electron chi connectivity index (χ3n) is 2.56. The Morgan fingerprint density at radius 3 is 2.09 bits per heavy atom. The van der Waals surface area contributed by atoms with E-state index in [0.717, 1.165) is 0 Å². The first kappa shape index (κ1) is 16.6. The van der Waals surface area contributed by atoms with Crippen LogP contribution in [-0.4, -0.2) is 18.5 Å². The van der Waals surface area contributed by atoms with Gasteiger partial charge in [-0.05, 0) is 42.5 Å². The van der Waals surface area contributed by atoms with E-state index < -0.39 is 18.5 Å². The summed E-state index contributed by atoms with van der Waals surface area (Å²) in [7, 11) is 0. The molecule has 0 radical (unpaired) electrons. The summed E-state index contributed by atoms with van der Waals surface area (Å²) in [6, 6.07) is 10.8. The molecule has 2 aromatic carbocycles. The molecule has 1 N–H and O–H groups in total. The van der Waals surface area contributed by atoms with Crippen molar-refractivity contribution in [1.29, 1.82) is 0 Å². The lowest BCUT2D eigenvalue weighted by atomic mass is 10.2. The number of hydrogen-bond donors (Lipinski definition) is 1. The van der Waals surface area contributed by atoms with E-state index in [9.17, 15) is 9.59 Å². The zero-order chi connectivity index (χ0) is 16.1. The minimum absolute atomic E-state index is 0.308. The first-order valence-electron chi connectivity index (χ1n) is 6.12. The molecule has 0 aromatic heterocycles. The summed E-state index contributed by atoms with van der Waals surface area (Å²) in [6.45, 7) is -0.425. The number of hydrogen-bond acceptors (Lipinski definition) is 3. The summed E-state index contributed by atoms with van der Waals surface area (Å²) in [5.41, 5.74) is 0.730. The Morgan fingerprint density at radius 2 is 1.50 bits per heavy atom. The fourth-order valence-electron chi connectivity index (χ4n) is 1.62. The average Bonchev–Trinajstić information content (AvgIpc) is 2.44. The molecule has 22 heavy (non-hydrogen) atoms. The lowest BCUT2D eigenvalue weighted by molar-refractivity contribution is -0.119. The number of benzene rings is 2. The van der Waals surface area contributed by atoms with E-state index in [1.165, 1.54) is 24.3 Å². The van der Waals surface area contributed by atoms with Gasteiger partial charge in [0, 0.05) is 20.8 Å². The molecule has 0 fully saturated rings. The highest BCUT2D eigenvalue weighted by atomic mass is 35.5. The van der Waals surface area contributed by atoms with Crippen LogP contribution < -0.4 is 5.32 Å². The molecule has 0 atom stereocenters. The Labute approximate surface area is 141 Å². The van der Waals surface area contributed by atoms with Crippen molar-refractivity contribution in [3.8, 4) is 0 Å². The zero-order valence-electron chi connectivity index (χ0n) is 11.1. The van der Waals surface area contributed by atoms with Crippen molar-refractivity contribution in [3.63, 3.8) is 0 Å². The molecule has 2 aromatic rings. The standard InChI is InChI=1S/C15H10Cl3NO3/c16-10-3-1-9(2-4-10)15(21)22-8-14(20)19-13-6-11(17)5-12(18)7-13/h1-7H,8H2,(H,19,20). The van der Waals surface area contributed by atoms with Crippen LogP contribution >= 0.6 is 34.8 Å². The van der Waals surface area contributed by atoms with Crippen molar-refractivity contribution < 1.29 is 14.3 Å². The highest BCUT2D eigenvalue weighted by Crippen LogP contribution is 2.22. The van der Waals surface area contributed by atoms with Crippen molar-refractivity contribution in [1.82, 2.24) is 0 Å². The first-order chi connectivity index (χ1) is 10.4. The van der Waals surface area contributed by atoms with E-state index in [4.69, 9.17) is 39.5 Å². The van der Waals surface area contributed by atoms with Crippen molar-refractivity contribution in [2.75, 3.05) is 11.9 Å². The fourth-order valence-corrected chi connectivity index (χ4v) is 2.28. The predicted octanol–water partition coefficient (Wildman–Crippen LogP) is 4.44. The summed E-state index contributed by atoms with van der Waals surface area (Å²) in [5, 5.41) is 3.82. The maximum absolute atomic E-state index is 11.7. The van der Waals surface area contributed by atoms with Gasteiger partial charge in [-0.15, -0.1) is 0 Å². The number of halogens is 3. The minimum Gasteiger partial charge on any atom is -0.452 e. The van der Waals surface area contributed by atoms with Gasteiger partial charge in [0.2, 0.25) is 0 Å². The Hall–Kier alpha value is -1.75. The first-order valence-corrected chi connectivity index (χ1v) is 7.26. The van der Waals surface area contributed by atoms with Crippen molar-refractivity contribution in [3.05, 3.63) is 63.1 Å². The van der Waals surface area contributed by atoms with Crippen molar-refractivity contribution >= 4 is 52.4 Å². The van der Waals surface area contributed by atoms with Gasteiger partial charge in [-0.25, -0.2) is 4.79 Å². The van der Waals surface area contributed by atoms with Gasteiger partial charge in [0.1, 0.15) is 0 Å². The van der Waals surface area contributed by atoms with E-state index in [1.807, 2.05) is 0 Å². The van der Waals surface area contributed by atoms with Crippen LogP contribution in [0.4, 0.5) is 5.69 Å². The molecule has 4 nitrogen and oxygen atoms in total. The van der Waals surface area contributed by atoms with Gasteiger partial charge >= 0.3 is 5.97 Å². The van der Waals surface area contributed by atoms with Crippen LogP contribution in [0, 0.1) is 0 Å². The summed E-state index contributed by atoms with van der Waals surface area (Å²) >= 11 is 17.4. The van der Waals surface area contributed by atoms with Crippen LogP contribution in [0.3, 0.4) is 0 Å². The average molecular weight is 359 g/mol. The van der Waals surface area contributed by atoms with Crippen LogP contribution in [0.1, 0.15) is 10.4 Å². The van der Waals surface area contributed by atoms with Gasteiger partial charge in [0.15, 0.2) is 6.61 Å². The minimum atomic E-state index is -0.615. The molecule has 0 aliphatic carbocycles. The Morgan fingerprint density at radius 1 is 0.909 bits per heavy atom.